The van der Waals surface area contributed by atoms with Crippen LogP contribution in [0, 0.1) is 0 Å². The predicted molar refractivity (Wildman–Crippen MR) is 87.2 cm³/mol. The number of hydrogen-bond donors (Lipinski definition) is 1. The van der Waals surface area contributed by atoms with Gasteiger partial charge in [-0.15, -0.1) is 0 Å². The summed E-state index contributed by atoms with van der Waals surface area (Å²) in [5, 5.41) is 2.83. The van der Waals surface area contributed by atoms with Gasteiger partial charge < -0.3 is 10.1 Å². The highest BCUT2D eigenvalue weighted by Gasteiger charge is 2.54. The van der Waals surface area contributed by atoms with Crippen molar-refractivity contribution in [1.29, 1.82) is 0 Å². The van der Waals surface area contributed by atoms with Gasteiger partial charge in [0.1, 0.15) is 12.1 Å². The second-order valence-electron chi connectivity index (χ2n) is 6.31. The van der Waals surface area contributed by atoms with Crippen molar-refractivity contribution >= 4 is 17.9 Å². The minimum atomic E-state index is -1.03. The van der Waals surface area contributed by atoms with Crippen LogP contribution in [-0.4, -0.2) is 36.0 Å². The Balaban J connectivity index is 1.79. The quantitative estimate of drug-likeness (QED) is 0.510. The van der Waals surface area contributed by atoms with Crippen molar-refractivity contribution in [2.45, 2.75) is 44.6 Å². The van der Waals surface area contributed by atoms with Crippen LogP contribution in [0.4, 0.5) is 4.79 Å². The minimum absolute atomic E-state index is 0.312. The maximum absolute atomic E-state index is 13.0. The van der Waals surface area contributed by atoms with E-state index in [9.17, 15) is 14.4 Å². The van der Waals surface area contributed by atoms with Crippen LogP contribution >= 0.6 is 0 Å². The smallest absolute Gasteiger partial charge is 0.326 e. The van der Waals surface area contributed by atoms with Crippen LogP contribution in [0.3, 0.4) is 0 Å². The number of ether oxygens (including phenoxy) is 1. The number of esters is 1. The topological polar surface area (TPSA) is 75.7 Å². The van der Waals surface area contributed by atoms with Gasteiger partial charge in [-0.3, -0.25) is 14.5 Å². The number of urea groups is 1. The molecule has 1 heterocycles. The number of nitrogens with one attached hydrogen (secondary N) is 1. The zero-order valence-corrected chi connectivity index (χ0v) is 13.8. The summed E-state index contributed by atoms with van der Waals surface area (Å²) in [6.45, 7) is 1.97. The van der Waals surface area contributed by atoms with Crippen LogP contribution in [-0.2, 0) is 26.3 Å². The van der Waals surface area contributed by atoms with Crippen molar-refractivity contribution in [2.24, 2.45) is 0 Å². The number of amides is 3. The molecule has 1 fully saturated rings. The first-order valence-electron chi connectivity index (χ1n) is 8.46. The van der Waals surface area contributed by atoms with E-state index < -0.39 is 17.5 Å². The maximum Gasteiger partial charge on any atom is 0.326 e. The third-order valence-corrected chi connectivity index (χ3v) is 4.70. The maximum atomic E-state index is 13.0. The SMILES string of the molecule is CCCCOC(=O)CN1C(=O)NC2(CCCc3ccccc32)C1=O. The van der Waals surface area contributed by atoms with E-state index in [-0.39, 0.29) is 12.5 Å². The fraction of sp³-hybridized carbons (Fsp3) is 0.500. The lowest BCUT2D eigenvalue weighted by atomic mass is 9.76. The summed E-state index contributed by atoms with van der Waals surface area (Å²) >= 11 is 0. The number of aryl methyl sites for hydroxylation is 1. The van der Waals surface area contributed by atoms with Gasteiger partial charge in [0.15, 0.2) is 0 Å². The molecule has 1 aromatic rings. The summed E-state index contributed by atoms with van der Waals surface area (Å²) in [4.78, 5) is 38.1. The van der Waals surface area contributed by atoms with E-state index in [0.29, 0.717) is 13.0 Å². The minimum Gasteiger partial charge on any atom is -0.464 e. The van der Waals surface area contributed by atoms with Gasteiger partial charge in [0.25, 0.3) is 5.91 Å². The molecule has 0 radical (unpaired) electrons. The molecule has 1 unspecified atom stereocenters. The fourth-order valence-electron chi connectivity index (χ4n) is 3.46. The molecule has 0 saturated carbocycles. The van der Waals surface area contributed by atoms with E-state index >= 15 is 0 Å². The number of rotatable bonds is 5. The first kappa shape index (κ1) is 16.5. The largest absolute Gasteiger partial charge is 0.464 e. The first-order chi connectivity index (χ1) is 11.6. The number of fused-ring (bicyclic) bond motifs is 2. The number of carbonyl (C=O) groups excluding carboxylic acids is 3. The number of nitrogens with zero attached hydrogens (tertiary/aromatic N) is 1. The lowest BCUT2D eigenvalue weighted by Crippen LogP contribution is -2.46. The molecular weight excluding hydrogens is 308 g/mol. The van der Waals surface area contributed by atoms with Crippen molar-refractivity contribution < 1.29 is 19.1 Å². The van der Waals surface area contributed by atoms with E-state index in [1.807, 2.05) is 31.2 Å². The molecule has 6 heteroatoms. The zero-order chi connectivity index (χ0) is 17.2. The van der Waals surface area contributed by atoms with Gasteiger partial charge in [-0.2, -0.15) is 0 Å². The molecule has 0 bridgehead atoms. The summed E-state index contributed by atoms with van der Waals surface area (Å²) < 4.78 is 5.07. The Morgan fingerprint density at radius 3 is 2.92 bits per heavy atom. The van der Waals surface area contributed by atoms with Gasteiger partial charge in [0.2, 0.25) is 0 Å². The third kappa shape index (κ3) is 2.77. The molecular formula is C18H22N2O4. The number of imide groups is 1. The van der Waals surface area contributed by atoms with Gasteiger partial charge >= 0.3 is 12.0 Å². The number of carbonyl (C=O) groups is 3. The highest BCUT2D eigenvalue weighted by Crippen LogP contribution is 2.39. The van der Waals surface area contributed by atoms with E-state index in [2.05, 4.69) is 5.32 Å². The van der Waals surface area contributed by atoms with E-state index in [4.69, 9.17) is 4.74 Å². The second kappa shape index (κ2) is 6.63. The fourth-order valence-corrected chi connectivity index (χ4v) is 3.46. The van der Waals surface area contributed by atoms with Gasteiger partial charge in [-0.1, -0.05) is 37.6 Å². The summed E-state index contributed by atoms with van der Waals surface area (Å²) in [7, 11) is 0. The Hall–Kier alpha value is -2.37. The van der Waals surface area contributed by atoms with Crippen LogP contribution in [0.5, 0.6) is 0 Å². The van der Waals surface area contributed by atoms with E-state index in [0.717, 1.165) is 41.7 Å². The second-order valence-corrected chi connectivity index (χ2v) is 6.31. The van der Waals surface area contributed by atoms with Crippen molar-refractivity contribution in [3.8, 4) is 0 Å². The van der Waals surface area contributed by atoms with Crippen LogP contribution in [0.1, 0.15) is 43.7 Å². The molecule has 24 heavy (non-hydrogen) atoms. The van der Waals surface area contributed by atoms with Crippen molar-refractivity contribution in [1.82, 2.24) is 10.2 Å². The van der Waals surface area contributed by atoms with Gasteiger partial charge in [-0.05, 0) is 36.8 Å². The lowest BCUT2D eigenvalue weighted by molar-refractivity contribution is -0.148. The molecule has 128 valence electrons. The number of unbranched alkanes of at least 4 members (excludes halogenated alkanes) is 1. The number of hydrogen-bond acceptors (Lipinski definition) is 4. The predicted octanol–water partition coefficient (Wildman–Crippen LogP) is 2.11. The molecule has 3 amide bonds. The molecule has 1 aliphatic carbocycles. The van der Waals surface area contributed by atoms with E-state index in [1.165, 1.54) is 0 Å². The van der Waals surface area contributed by atoms with Crippen LogP contribution in [0.15, 0.2) is 24.3 Å². The molecule has 3 rings (SSSR count). The zero-order valence-electron chi connectivity index (χ0n) is 13.8. The molecule has 1 aromatic carbocycles. The van der Waals surface area contributed by atoms with E-state index in [1.54, 1.807) is 0 Å². The van der Waals surface area contributed by atoms with Gasteiger partial charge in [-0.25, -0.2) is 4.79 Å². The van der Waals surface area contributed by atoms with Crippen molar-refractivity contribution in [3.05, 3.63) is 35.4 Å². The third-order valence-electron chi connectivity index (χ3n) is 4.70. The Kier molecular flexibility index (Phi) is 4.55. The summed E-state index contributed by atoms with van der Waals surface area (Å²) in [5.41, 5.74) is 0.886. The molecule has 1 spiro atoms. The molecule has 1 aliphatic heterocycles. The number of benzene rings is 1. The molecule has 1 saturated heterocycles. The van der Waals surface area contributed by atoms with Crippen molar-refractivity contribution in [2.75, 3.05) is 13.2 Å². The Morgan fingerprint density at radius 1 is 1.33 bits per heavy atom. The summed E-state index contributed by atoms with van der Waals surface area (Å²) in [5.74, 6) is -0.903. The monoisotopic (exact) mass is 330 g/mol. The standard InChI is InChI=1S/C18H22N2O4/c1-2-3-11-24-15(21)12-20-16(22)18(19-17(20)23)10-6-8-13-7-4-5-9-14(13)18/h4-5,7,9H,2-3,6,8,10-12H2,1H3,(H,19,23). The van der Waals surface area contributed by atoms with Crippen LogP contribution in [0.25, 0.3) is 0 Å². The molecule has 6 nitrogen and oxygen atoms in total. The van der Waals surface area contributed by atoms with Gasteiger partial charge in [0.05, 0.1) is 6.61 Å². The van der Waals surface area contributed by atoms with Crippen LogP contribution < -0.4 is 5.32 Å². The molecule has 1 N–H and O–H groups in total. The van der Waals surface area contributed by atoms with Crippen LogP contribution in [0.2, 0.25) is 0 Å². The average molecular weight is 330 g/mol. The summed E-state index contributed by atoms with van der Waals surface area (Å²) in [6.07, 6.45) is 3.94. The Morgan fingerprint density at radius 2 is 2.12 bits per heavy atom. The molecule has 0 aromatic heterocycles. The van der Waals surface area contributed by atoms with Gasteiger partial charge in [0, 0.05) is 0 Å². The first-order valence-corrected chi connectivity index (χ1v) is 8.46. The summed E-state index contributed by atoms with van der Waals surface area (Å²) in [6, 6.07) is 7.14. The lowest BCUT2D eigenvalue weighted by Gasteiger charge is -2.33. The Labute approximate surface area is 141 Å². The molecule has 1 atom stereocenters. The Bertz CT molecular complexity index is 673. The highest BCUT2D eigenvalue weighted by atomic mass is 16.5. The molecule has 2 aliphatic rings. The van der Waals surface area contributed by atoms with Crippen molar-refractivity contribution in [3.63, 3.8) is 0 Å². The average Bonchev–Trinajstić information content (AvgIpc) is 2.81. The normalized spacial score (nSPS) is 22.5. The highest BCUT2D eigenvalue weighted by molar-refractivity contribution is 6.09.